The van der Waals surface area contributed by atoms with Gasteiger partial charge >= 0.3 is 5.76 Å². The minimum Gasteiger partial charge on any atom is -0.408 e. The van der Waals surface area contributed by atoms with Gasteiger partial charge in [-0.05, 0) is 37.9 Å². The van der Waals surface area contributed by atoms with Crippen molar-refractivity contribution in [2.45, 2.75) is 32.4 Å². The Balaban J connectivity index is 1.69. The van der Waals surface area contributed by atoms with E-state index in [9.17, 15) is 20.0 Å². The highest BCUT2D eigenvalue weighted by Gasteiger charge is 2.23. The number of benzene rings is 1. The molecule has 1 aromatic heterocycles. The summed E-state index contributed by atoms with van der Waals surface area (Å²) in [5.41, 5.74) is 0.736. The molecule has 1 aliphatic rings. The van der Waals surface area contributed by atoms with Crippen LogP contribution in [0.5, 0.6) is 0 Å². The molecule has 0 bridgehead atoms. The number of nitro benzene ring substituents is 1. The summed E-state index contributed by atoms with van der Waals surface area (Å²) < 4.78 is 6.57. The highest BCUT2D eigenvalue weighted by atomic mass is 16.6. The van der Waals surface area contributed by atoms with Crippen LogP contribution in [0.25, 0.3) is 11.1 Å². The van der Waals surface area contributed by atoms with Crippen molar-refractivity contribution in [3.63, 3.8) is 0 Å². The van der Waals surface area contributed by atoms with E-state index in [1.54, 1.807) is 0 Å². The van der Waals surface area contributed by atoms with Crippen molar-refractivity contribution >= 4 is 16.8 Å². The average molecular weight is 335 g/mol. The number of rotatable bonds is 5. The molecule has 2 heterocycles. The van der Waals surface area contributed by atoms with Gasteiger partial charge in [0, 0.05) is 25.2 Å². The SMILES string of the molecule is CC1CCN(CCCn2c(=O)oc3ccc([N+](=O)[O-])cc32)CC1O. The molecular weight excluding hydrogens is 314 g/mol. The molecule has 8 heteroatoms. The highest BCUT2D eigenvalue weighted by molar-refractivity contribution is 5.75. The molecule has 1 aliphatic heterocycles. The number of hydrogen-bond donors (Lipinski definition) is 1. The van der Waals surface area contributed by atoms with Gasteiger partial charge in [-0.25, -0.2) is 4.79 Å². The second-order valence-electron chi connectivity index (χ2n) is 6.42. The fourth-order valence-electron chi connectivity index (χ4n) is 3.15. The van der Waals surface area contributed by atoms with Crippen molar-refractivity contribution in [2.75, 3.05) is 19.6 Å². The lowest BCUT2D eigenvalue weighted by molar-refractivity contribution is -0.384. The van der Waals surface area contributed by atoms with Crippen LogP contribution in [-0.2, 0) is 6.54 Å². The van der Waals surface area contributed by atoms with Crippen molar-refractivity contribution in [3.05, 3.63) is 38.9 Å². The number of nitro groups is 1. The van der Waals surface area contributed by atoms with Crippen molar-refractivity contribution < 1.29 is 14.4 Å². The second kappa shape index (κ2) is 6.74. The Morgan fingerprint density at radius 1 is 1.42 bits per heavy atom. The maximum absolute atomic E-state index is 12.0. The third kappa shape index (κ3) is 3.34. The van der Waals surface area contributed by atoms with Gasteiger partial charge in [-0.15, -0.1) is 0 Å². The van der Waals surface area contributed by atoms with Crippen molar-refractivity contribution in [1.82, 2.24) is 9.47 Å². The van der Waals surface area contributed by atoms with Crippen LogP contribution in [0.15, 0.2) is 27.4 Å². The lowest BCUT2D eigenvalue weighted by atomic mass is 9.96. The largest absolute Gasteiger partial charge is 0.419 e. The lowest BCUT2D eigenvalue weighted by Gasteiger charge is -2.34. The molecule has 2 unspecified atom stereocenters. The first-order valence-electron chi connectivity index (χ1n) is 8.14. The average Bonchev–Trinajstić information content (AvgIpc) is 2.86. The van der Waals surface area contributed by atoms with Crippen LogP contribution >= 0.6 is 0 Å². The molecule has 0 spiro atoms. The predicted octanol–water partition coefficient (Wildman–Crippen LogP) is 1.60. The van der Waals surface area contributed by atoms with E-state index in [1.165, 1.54) is 22.8 Å². The van der Waals surface area contributed by atoms with Crippen LogP contribution in [0.3, 0.4) is 0 Å². The van der Waals surface area contributed by atoms with Crippen molar-refractivity contribution in [2.24, 2.45) is 5.92 Å². The van der Waals surface area contributed by atoms with Gasteiger partial charge in [0.2, 0.25) is 0 Å². The molecule has 2 atom stereocenters. The Kier molecular flexibility index (Phi) is 4.68. The van der Waals surface area contributed by atoms with E-state index in [0.717, 1.165) is 19.5 Å². The van der Waals surface area contributed by atoms with Gasteiger partial charge in [-0.3, -0.25) is 14.7 Å². The topological polar surface area (TPSA) is 102 Å². The number of nitrogens with zero attached hydrogens (tertiary/aromatic N) is 3. The molecule has 1 saturated heterocycles. The number of aromatic nitrogens is 1. The number of oxazole rings is 1. The second-order valence-corrected chi connectivity index (χ2v) is 6.42. The van der Waals surface area contributed by atoms with Crippen LogP contribution in [-0.4, -0.2) is 45.2 Å². The Morgan fingerprint density at radius 3 is 2.92 bits per heavy atom. The van der Waals surface area contributed by atoms with E-state index < -0.39 is 10.7 Å². The van der Waals surface area contributed by atoms with Gasteiger partial charge in [0.15, 0.2) is 5.58 Å². The molecule has 130 valence electrons. The van der Waals surface area contributed by atoms with Crippen LogP contribution < -0.4 is 5.76 Å². The predicted molar refractivity (Wildman–Crippen MR) is 88.0 cm³/mol. The fourth-order valence-corrected chi connectivity index (χ4v) is 3.15. The van der Waals surface area contributed by atoms with E-state index in [0.29, 0.717) is 36.5 Å². The molecule has 0 amide bonds. The number of aliphatic hydroxyl groups is 1. The number of hydrogen-bond acceptors (Lipinski definition) is 6. The van der Waals surface area contributed by atoms with Crippen LogP contribution in [0.2, 0.25) is 0 Å². The summed E-state index contributed by atoms with van der Waals surface area (Å²) in [4.78, 5) is 24.6. The van der Waals surface area contributed by atoms with Crippen LogP contribution in [0, 0.1) is 16.0 Å². The smallest absolute Gasteiger partial charge is 0.408 e. The maximum Gasteiger partial charge on any atom is 0.419 e. The van der Waals surface area contributed by atoms with Gasteiger partial charge in [0.05, 0.1) is 16.5 Å². The minimum absolute atomic E-state index is 0.0646. The third-order valence-electron chi connectivity index (χ3n) is 4.72. The summed E-state index contributed by atoms with van der Waals surface area (Å²) in [6.45, 7) is 4.82. The van der Waals surface area contributed by atoms with E-state index in [1.807, 2.05) is 6.92 Å². The summed E-state index contributed by atoms with van der Waals surface area (Å²) >= 11 is 0. The quantitative estimate of drug-likeness (QED) is 0.658. The number of piperidine rings is 1. The molecule has 0 radical (unpaired) electrons. The molecule has 0 saturated carbocycles. The zero-order valence-corrected chi connectivity index (χ0v) is 13.6. The summed E-state index contributed by atoms with van der Waals surface area (Å²) in [5, 5.41) is 20.8. The molecular formula is C16H21N3O5. The Labute approximate surface area is 138 Å². The van der Waals surface area contributed by atoms with E-state index in [-0.39, 0.29) is 11.8 Å². The number of fused-ring (bicyclic) bond motifs is 1. The van der Waals surface area contributed by atoms with Gasteiger partial charge in [0.1, 0.15) is 0 Å². The first kappa shape index (κ1) is 16.7. The van der Waals surface area contributed by atoms with Crippen molar-refractivity contribution in [3.8, 4) is 0 Å². The van der Waals surface area contributed by atoms with E-state index in [4.69, 9.17) is 4.42 Å². The summed E-state index contributed by atoms with van der Waals surface area (Å²) in [7, 11) is 0. The number of likely N-dealkylation sites (tertiary alicyclic amines) is 1. The van der Waals surface area contributed by atoms with E-state index in [2.05, 4.69) is 4.90 Å². The highest BCUT2D eigenvalue weighted by Crippen LogP contribution is 2.21. The molecule has 1 aromatic carbocycles. The summed E-state index contributed by atoms with van der Waals surface area (Å²) in [5.74, 6) is -0.181. The summed E-state index contributed by atoms with van der Waals surface area (Å²) in [6, 6.07) is 4.15. The number of non-ortho nitro benzene ring substituents is 1. The number of β-amino-alcohol motifs (C(OH)–C–C–N with tert-alkyl or cyclic N) is 1. The normalized spacial score (nSPS) is 22.1. The minimum atomic E-state index is -0.502. The van der Waals surface area contributed by atoms with Crippen LogP contribution in [0.4, 0.5) is 5.69 Å². The van der Waals surface area contributed by atoms with Gasteiger partial charge in [-0.1, -0.05) is 6.92 Å². The van der Waals surface area contributed by atoms with Gasteiger partial charge in [-0.2, -0.15) is 0 Å². The molecule has 3 rings (SSSR count). The standard InChI is InChI=1S/C16H21N3O5/c1-11-5-8-17(10-14(11)20)6-2-7-18-13-9-12(19(22)23)3-4-15(13)24-16(18)21/h3-4,9,11,14,20H,2,5-8,10H2,1H3. The Hall–Kier alpha value is -2.19. The molecule has 1 fully saturated rings. The van der Waals surface area contributed by atoms with Crippen LogP contribution in [0.1, 0.15) is 19.8 Å². The monoisotopic (exact) mass is 335 g/mol. The number of aliphatic hydroxyl groups excluding tert-OH is 1. The van der Waals surface area contributed by atoms with Gasteiger partial charge < -0.3 is 14.4 Å². The summed E-state index contributed by atoms with van der Waals surface area (Å²) in [6.07, 6.45) is 1.36. The molecule has 24 heavy (non-hydrogen) atoms. The lowest BCUT2D eigenvalue weighted by Crippen LogP contribution is -2.43. The Bertz CT molecular complexity index is 797. The number of aryl methyl sites for hydroxylation is 1. The van der Waals surface area contributed by atoms with Gasteiger partial charge in [0.25, 0.3) is 5.69 Å². The molecule has 8 nitrogen and oxygen atoms in total. The maximum atomic E-state index is 12.0. The first-order valence-corrected chi connectivity index (χ1v) is 8.14. The Morgan fingerprint density at radius 2 is 2.21 bits per heavy atom. The van der Waals surface area contributed by atoms with Crippen molar-refractivity contribution in [1.29, 1.82) is 0 Å². The first-order chi connectivity index (χ1) is 11.5. The fraction of sp³-hybridized carbons (Fsp3) is 0.562. The zero-order chi connectivity index (χ0) is 17.3. The molecule has 0 aliphatic carbocycles. The third-order valence-corrected chi connectivity index (χ3v) is 4.72. The van der Waals surface area contributed by atoms with E-state index >= 15 is 0 Å². The zero-order valence-electron chi connectivity index (χ0n) is 13.6. The molecule has 1 N–H and O–H groups in total. The molecule has 2 aromatic rings.